The molecule has 0 aliphatic rings. The van der Waals surface area contributed by atoms with Gasteiger partial charge in [-0.05, 0) is 36.0 Å². The average molecular weight is 509 g/mol. The number of rotatable bonds is 14. The number of carbonyl (C=O) groups excluding carboxylic acids is 3. The number of nitrogens with two attached hydrogens (primary N) is 1. The van der Waals surface area contributed by atoms with Crippen LogP contribution in [0.15, 0.2) is 24.3 Å². The van der Waals surface area contributed by atoms with Crippen LogP contribution >= 0.6 is 0 Å². The molecule has 0 fully saturated rings. The molecule has 1 aromatic carbocycles. The number of phenolic OH excluding ortho intramolecular Hbond substituents is 1. The number of hydrogen-bond acceptors (Lipinski definition) is 7. The van der Waals surface area contributed by atoms with Crippen molar-refractivity contribution in [3.8, 4) is 5.75 Å². The lowest BCUT2D eigenvalue weighted by atomic mass is 9.99. The molecule has 200 valence electrons. The quantitative estimate of drug-likeness (QED) is 0.180. The van der Waals surface area contributed by atoms with Crippen molar-refractivity contribution in [2.24, 2.45) is 17.6 Å². The van der Waals surface area contributed by atoms with Crippen molar-refractivity contribution < 1.29 is 39.3 Å². The van der Waals surface area contributed by atoms with Crippen LogP contribution < -0.4 is 21.7 Å². The first-order valence-electron chi connectivity index (χ1n) is 11.6. The number of phenols is 1. The fraction of sp³-hybridized carbons (Fsp3) is 0.542. The third-order valence-corrected chi connectivity index (χ3v) is 5.49. The summed E-state index contributed by atoms with van der Waals surface area (Å²) in [6.07, 6.45) is -0.489. The van der Waals surface area contributed by atoms with Crippen LogP contribution in [0.1, 0.15) is 46.1 Å². The summed E-state index contributed by atoms with van der Waals surface area (Å²) in [5, 5.41) is 35.2. The van der Waals surface area contributed by atoms with E-state index < -0.39 is 65.7 Å². The summed E-state index contributed by atoms with van der Waals surface area (Å²) >= 11 is 0. The van der Waals surface area contributed by atoms with Crippen molar-refractivity contribution in [1.29, 1.82) is 0 Å². The van der Waals surface area contributed by atoms with Gasteiger partial charge in [0.05, 0.1) is 6.04 Å². The maximum atomic E-state index is 13.2. The summed E-state index contributed by atoms with van der Waals surface area (Å²) in [7, 11) is 0. The molecule has 4 atom stereocenters. The Morgan fingerprint density at radius 1 is 0.806 bits per heavy atom. The van der Waals surface area contributed by atoms with Crippen LogP contribution in [0.2, 0.25) is 0 Å². The zero-order valence-electron chi connectivity index (χ0n) is 20.9. The fourth-order valence-electron chi connectivity index (χ4n) is 3.31. The van der Waals surface area contributed by atoms with Crippen LogP contribution in [0.4, 0.5) is 0 Å². The van der Waals surface area contributed by atoms with Gasteiger partial charge < -0.3 is 37.0 Å². The third-order valence-electron chi connectivity index (χ3n) is 5.49. The first kappa shape index (κ1) is 30.4. The predicted molar refractivity (Wildman–Crippen MR) is 130 cm³/mol. The van der Waals surface area contributed by atoms with Crippen LogP contribution in [0.5, 0.6) is 5.75 Å². The van der Waals surface area contributed by atoms with Gasteiger partial charge in [0.1, 0.15) is 23.9 Å². The lowest BCUT2D eigenvalue weighted by molar-refractivity contribution is -0.144. The zero-order valence-corrected chi connectivity index (χ0v) is 20.9. The second kappa shape index (κ2) is 14.0. The number of nitrogens with one attached hydrogen (secondary N) is 3. The van der Waals surface area contributed by atoms with Gasteiger partial charge in [-0.25, -0.2) is 4.79 Å². The molecule has 0 heterocycles. The molecule has 0 spiro atoms. The Labute approximate surface area is 209 Å². The van der Waals surface area contributed by atoms with Crippen molar-refractivity contribution in [3.63, 3.8) is 0 Å². The molecule has 0 aromatic heterocycles. The molecule has 3 amide bonds. The van der Waals surface area contributed by atoms with Crippen LogP contribution in [0.3, 0.4) is 0 Å². The molecule has 0 aliphatic heterocycles. The topological polar surface area (TPSA) is 208 Å². The van der Waals surface area contributed by atoms with E-state index in [2.05, 4.69) is 16.0 Å². The van der Waals surface area contributed by atoms with Gasteiger partial charge in [-0.15, -0.1) is 0 Å². The van der Waals surface area contributed by atoms with E-state index in [9.17, 15) is 34.2 Å². The number of carbonyl (C=O) groups is 5. The van der Waals surface area contributed by atoms with Crippen molar-refractivity contribution in [3.05, 3.63) is 29.8 Å². The molecule has 36 heavy (non-hydrogen) atoms. The Kier molecular flexibility index (Phi) is 11.8. The molecular formula is C24H36N4O8. The molecule has 1 aromatic rings. The van der Waals surface area contributed by atoms with Crippen molar-refractivity contribution in [1.82, 2.24) is 16.0 Å². The zero-order chi connectivity index (χ0) is 27.6. The molecule has 0 radical (unpaired) electrons. The first-order valence-corrected chi connectivity index (χ1v) is 11.6. The standard InChI is InChI=1S/C24H36N4O8/c1-12(2)19(23(34)28-20(13(3)4)24(35)36)27-22(33)17(11-14-5-7-15(29)8-6-14)26-21(32)16(25)9-10-18(30)31/h5-8,12-13,16-17,19-20,29H,9-11,25H2,1-4H3,(H,26,32)(H,27,33)(H,28,34)(H,30,31)(H,35,36). The van der Waals surface area contributed by atoms with Crippen LogP contribution in [-0.4, -0.2) is 69.1 Å². The number of carboxylic acid groups (broad SMARTS) is 2. The van der Waals surface area contributed by atoms with E-state index in [1.807, 2.05) is 0 Å². The van der Waals surface area contributed by atoms with E-state index in [1.54, 1.807) is 39.8 Å². The number of amides is 3. The van der Waals surface area contributed by atoms with Crippen LogP contribution in [0, 0.1) is 11.8 Å². The SMILES string of the molecule is CC(C)C(NC(=O)C(NC(=O)C(Cc1ccc(O)cc1)NC(=O)C(N)CCC(=O)O)C(C)C)C(=O)O. The highest BCUT2D eigenvalue weighted by molar-refractivity contribution is 5.94. The highest BCUT2D eigenvalue weighted by Crippen LogP contribution is 2.13. The maximum absolute atomic E-state index is 13.2. The highest BCUT2D eigenvalue weighted by Gasteiger charge is 2.33. The molecule has 12 nitrogen and oxygen atoms in total. The largest absolute Gasteiger partial charge is 0.508 e. The van der Waals surface area contributed by atoms with Crippen molar-refractivity contribution in [2.45, 2.75) is 71.1 Å². The minimum Gasteiger partial charge on any atom is -0.508 e. The van der Waals surface area contributed by atoms with E-state index in [1.165, 1.54) is 12.1 Å². The van der Waals surface area contributed by atoms with E-state index in [-0.39, 0.29) is 25.0 Å². The van der Waals surface area contributed by atoms with Crippen LogP contribution in [-0.2, 0) is 30.4 Å². The molecule has 0 aliphatic carbocycles. The Hall–Kier alpha value is -3.67. The number of benzene rings is 1. The first-order chi connectivity index (χ1) is 16.7. The third kappa shape index (κ3) is 9.90. The number of hydrogen-bond donors (Lipinski definition) is 7. The smallest absolute Gasteiger partial charge is 0.326 e. The Balaban J connectivity index is 3.10. The molecule has 8 N–H and O–H groups in total. The summed E-state index contributed by atoms with van der Waals surface area (Å²) in [5.74, 6) is -5.29. The van der Waals surface area contributed by atoms with Crippen molar-refractivity contribution >= 4 is 29.7 Å². The summed E-state index contributed by atoms with van der Waals surface area (Å²) < 4.78 is 0. The Morgan fingerprint density at radius 3 is 1.81 bits per heavy atom. The van der Waals surface area contributed by atoms with E-state index in [0.717, 1.165) is 0 Å². The number of carboxylic acids is 2. The molecule has 12 heteroatoms. The second-order valence-corrected chi connectivity index (χ2v) is 9.27. The Morgan fingerprint density at radius 2 is 1.33 bits per heavy atom. The minimum absolute atomic E-state index is 0.00848. The normalized spacial score (nSPS) is 14.4. The molecule has 1 rings (SSSR count). The van der Waals surface area contributed by atoms with E-state index in [0.29, 0.717) is 5.56 Å². The van der Waals surface area contributed by atoms with Gasteiger partial charge in [0, 0.05) is 12.8 Å². The van der Waals surface area contributed by atoms with Crippen molar-refractivity contribution in [2.75, 3.05) is 0 Å². The van der Waals surface area contributed by atoms with Crippen LogP contribution in [0.25, 0.3) is 0 Å². The van der Waals surface area contributed by atoms with Gasteiger partial charge in [0.15, 0.2) is 0 Å². The second-order valence-electron chi connectivity index (χ2n) is 9.27. The molecule has 4 unspecified atom stereocenters. The monoisotopic (exact) mass is 508 g/mol. The number of aromatic hydroxyl groups is 1. The summed E-state index contributed by atoms with van der Waals surface area (Å²) in [6, 6.07) is 1.31. The van der Waals surface area contributed by atoms with Gasteiger partial charge in [0.25, 0.3) is 0 Å². The molecule has 0 saturated heterocycles. The minimum atomic E-state index is -1.21. The van der Waals surface area contributed by atoms with Gasteiger partial charge in [0.2, 0.25) is 17.7 Å². The van der Waals surface area contributed by atoms with Gasteiger partial charge in [-0.3, -0.25) is 19.2 Å². The van der Waals surface area contributed by atoms with Gasteiger partial charge in [-0.2, -0.15) is 0 Å². The lowest BCUT2D eigenvalue weighted by Gasteiger charge is -2.28. The Bertz CT molecular complexity index is 933. The summed E-state index contributed by atoms with van der Waals surface area (Å²) in [4.78, 5) is 60.9. The maximum Gasteiger partial charge on any atom is 0.326 e. The predicted octanol–water partition coefficient (Wildman–Crippen LogP) is -0.0222. The van der Waals surface area contributed by atoms with Gasteiger partial charge >= 0.3 is 11.9 Å². The average Bonchev–Trinajstić information content (AvgIpc) is 2.79. The lowest BCUT2D eigenvalue weighted by Crippen LogP contribution is -2.59. The van der Waals surface area contributed by atoms with E-state index >= 15 is 0 Å². The molecular weight excluding hydrogens is 472 g/mol. The fourth-order valence-corrected chi connectivity index (χ4v) is 3.31. The molecule has 0 bridgehead atoms. The highest BCUT2D eigenvalue weighted by atomic mass is 16.4. The summed E-state index contributed by atoms with van der Waals surface area (Å²) in [6.45, 7) is 6.62. The van der Waals surface area contributed by atoms with Gasteiger partial charge in [-0.1, -0.05) is 39.8 Å². The summed E-state index contributed by atoms with van der Waals surface area (Å²) in [5.41, 5.74) is 6.36. The number of aliphatic carboxylic acids is 2. The molecule has 0 saturated carbocycles. The van der Waals surface area contributed by atoms with E-state index in [4.69, 9.17) is 10.8 Å².